The van der Waals surface area contributed by atoms with E-state index in [1.54, 1.807) is 0 Å². The van der Waals surface area contributed by atoms with E-state index in [-0.39, 0.29) is 0 Å². The number of para-hydroxylation sites is 1. The first-order chi connectivity index (χ1) is 11.3. The van der Waals surface area contributed by atoms with Gasteiger partial charge in [-0.05, 0) is 42.3 Å². The fourth-order valence-corrected chi connectivity index (χ4v) is 3.87. The first kappa shape index (κ1) is 12.7. The molecule has 1 nitrogen and oxygen atoms in total. The van der Waals surface area contributed by atoms with E-state index in [4.69, 9.17) is 0 Å². The lowest BCUT2D eigenvalue weighted by Crippen LogP contribution is -1.96. The third kappa shape index (κ3) is 1.74. The number of aromatic nitrogens is 1. The molecule has 1 aliphatic carbocycles. The average Bonchev–Trinajstić information content (AvgIpc) is 3.10. The van der Waals surface area contributed by atoms with E-state index < -0.39 is 0 Å². The molecule has 0 N–H and O–H groups in total. The molecule has 0 atom stereocenters. The summed E-state index contributed by atoms with van der Waals surface area (Å²) in [5.74, 6) is 0. The predicted octanol–water partition coefficient (Wildman–Crippen LogP) is 5.51. The summed E-state index contributed by atoms with van der Waals surface area (Å²) < 4.78 is 2.43. The molecule has 0 fully saturated rings. The smallest absolute Gasteiger partial charge is 0.0579 e. The van der Waals surface area contributed by atoms with Crippen LogP contribution in [0.4, 0.5) is 0 Å². The van der Waals surface area contributed by atoms with E-state index in [1.165, 1.54) is 44.5 Å². The van der Waals surface area contributed by atoms with Gasteiger partial charge in [0.2, 0.25) is 0 Å². The van der Waals surface area contributed by atoms with Crippen LogP contribution in [-0.2, 0) is 6.42 Å². The molecule has 0 unspecified atom stereocenters. The van der Waals surface area contributed by atoms with Gasteiger partial charge >= 0.3 is 0 Å². The van der Waals surface area contributed by atoms with Crippen molar-refractivity contribution in [2.24, 2.45) is 0 Å². The molecule has 5 rings (SSSR count). The minimum atomic E-state index is 1.03. The van der Waals surface area contributed by atoms with Crippen molar-refractivity contribution in [2.75, 3.05) is 0 Å². The fraction of sp³-hybridized carbons (Fsp3) is 0.0909. The van der Waals surface area contributed by atoms with Gasteiger partial charge in [0.1, 0.15) is 0 Å². The Bertz CT molecular complexity index is 1040. The molecule has 0 saturated carbocycles. The Kier molecular flexibility index (Phi) is 2.54. The van der Waals surface area contributed by atoms with Crippen LogP contribution < -0.4 is 0 Å². The molecule has 110 valence electrons. The van der Waals surface area contributed by atoms with Crippen LogP contribution in [0, 0.1) is 6.92 Å². The summed E-state index contributed by atoms with van der Waals surface area (Å²) in [6, 6.07) is 26.3. The number of fused-ring (bicyclic) bond motifs is 5. The van der Waals surface area contributed by atoms with E-state index >= 15 is 0 Å². The minimum absolute atomic E-state index is 1.03. The van der Waals surface area contributed by atoms with Crippen LogP contribution in [0.25, 0.3) is 27.8 Å². The first-order valence-corrected chi connectivity index (χ1v) is 8.10. The number of nitrogens with zero attached hydrogens (tertiary/aromatic N) is 1. The third-order valence-corrected chi connectivity index (χ3v) is 4.88. The second-order valence-electron chi connectivity index (χ2n) is 6.35. The molecule has 1 aromatic heterocycles. The molecule has 3 aromatic carbocycles. The Hall–Kier alpha value is -2.80. The number of aryl methyl sites for hydroxylation is 1. The third-order valence-electron chi connectivity index (χ3n) is 4.88. The molecule has 0 saturated heterocycles. The summed E-state index contributed by atoms with van der Waals surface area (Å²) in [6.45, 7) is 2.17. The van der Waals surface area contributed by atoms with Crippen molar-refractivity contribution in [3.8, 4) is 16.9 Å². The van der Waals surface area contributed by atoms with E-state index in [9.17, 15) is 0 Å². The summed E-state index contributed by atoms with van der Waals surface area (Å²) in [5.41, 5.74) is 9.51. The SMILES string of the molecule is Cc1ccc2c(c1)c1c(n2-c2ccccc2)-c2ccccc2C1. The maximum atomic E-state index is 2.43. The summed E-state index contributed by atoms with van der Waals surface area (Å²) in [5, 5.41) is 1.39. The molecule has 0 spiro atoms. The van der Waals surface area contributed by atoms with E-state index in [1.807, 2.05) is 0 Å². The highest BCUT2D eigenvalue weighted by molar-refractivity contribution is 5.97. The Morgan fingerprint density at radius 1 is 0.826 bits per heavy atom. The maximum absolute atomic E-state index is 2.43. The van der Waals surface area contributed by atoms with Gasteiger partial charge in [-0.15, -0.1) is 0 Å². The molecule has 0 radical (unpaired) electrons. The number of benzene rings is 3. The molecule has 1 heteroatoms. The molecule has 23 heavy (non-hydrogen) atoms. The Balaban J connectivity index is 1.95. The van der Waals surface area contributed by atoms with Crippen molar-refractivity contribution in [1.29, 1.82) is 0 Å². The summed E-state index contributed by atoms with van der Waals surface area (Å²) in [7, 11) is 0. The number of rotatable bonds is 1. The van der Waals surface area contributed by atoms with Crippen molar-refractivity contribution < 1.29 is 0 Å². The highest BCUT2D eigenvalue weighted by atomic mass is 15.0. The van der Waals surface area contributed by atoms with Gasteiger partial charge in [0.25, 0.3) is 0 Å². The zero-order valence-corrected chi connectivity index (χ0v) is 13.1. The van der Waals surface area contributed by atoms with Crippen molar-refractivity contribution in [3.05, 3.63) is 89.5 Å². The Morgan fingerprint density at radius 3 is 2.48 bits per heavy atom. The molecule has 0 amide bonds. The van der Waals surface area contributed by atoms with Crippen LogP contribution in [0.1, 0.15) is 16.7 Å². The summed E-state index contributed by atoms with van der Waals surface area (Å²) in [6.07, 6.45) is 1.03. The second kappa shape index (κ2) is 4.60. The van der Waals surface area contributed by atoms with Crippen LogP contribution in [0.2, 0.25) is 0 Å². The highest BCUT2D eigenvalue weighted by Gasteiger charge is 2.26. The van der Waals surface area contributed by atoms with Gasteiger partial charge in [-0.2, -0.15) is 0 Å². The minimum Gasteiger partial charge on any atom is -0.309 e. The first-order valence-electron chi connectivity index (χ1n) is 8.10. The zero-order valence-electron chi connectivity index (χ0n) is 13.1. The lowest BCUT2D eigenvalue weighted by Gasteiger charge is -2.11. The molecule has 0 bridgehead atoms. The molecular weight excluding hydrogens is 278 g/mol. The van der Waals surface area contributed by atoms with Gasteiger partial charge in [0.15, 0.2) is 0 Å². The number of hydrogen-bond acceptors (Lipinski definition) is 0. The molecule has 1 heterocycles. The van der Waals surface area contributed by atoms with Crippen LogP contribution in [0.3, 0.4) is 0 Å². The highest BCUT2D eigenvalue weighted by Crippen LogP contribution is 2.44. The largest absolute Gasteiger partial charge is 0.309 e. The van der Waals surface area contributed by atoms with Gasteiger partial charge in [-0.1, -0.05) is 54.1 Å². The summed E-state index contributed by atoms with van der Waals surface area (Å²) >= 11 is 0. The average molecular weight is 295 g/mol. The van der Waals surface area contributed by atoms with E-state index in [0.717, 1.165) is 6.42 Å². The van der Waals surface area contributed by atoms with Crippen LogP contribution in [0.5, 0.6) is 0 Å². The quantitative estimate of drug-likeness (QED) is 0.384. The number of hydrogen-bond donors (Lipinski definition) is 0. The van der Waals surface area contributed by atoms with Crippen LogP contribution >= 0.6 is 0 Å². The molecular formula is C22H17N. The Morgan fingerprint density at radius 2 is 1.61 bits per heavy atom. The summed E-state index contributed by atoms with van der Waals surface area (Å²) in [4.78, 5) is 0. The van der Waals surface area contributed by atoms with E-state index in [2.05, 4.69) is 84.3 Å². The van der Waals surface area contributed by atoms with Crippen molar-refractivity contribution >= 4 is 10.9 Å². The van der Waals surface area contributed by atoms with Gasteiger partial charge < -0.3 is 4.57 Å². The monoisotopic (exact) mass is 295 g/mol. The lowest BCUT2D eigenvalue weighted by atomic mass is 10.1. The standard InChI is InChI=1S/C22H17N/c1-15-11-12-21-19(13-15)20-14-16-7-5-6-10-18(16)22(20)23(21)17-8-3-2-4-9-17/h2-13H,14H2,1H3. The zero-order chi connectivity index (χ0) is 15.4. The van der Waals surface area contributed by atoms with Crippen molar-refractivity contribution in [1.82, 2.24) is 4.57 Å². The molecule has 4 aromatic rings. The van der Waals surface area contributed by atoms with Gasteiger partial charge in [0.05, 0.1) is 11.2 Å². The topological polar surface area (TPSA) is 4.93 Å². The Labute approximate surface area is 135 Å². The maximum Gasteiger partial charge on any atom is 0.0579 e. The van der Waals surface area contributed by atoms with Gasteiger partial charge in [-0.3, -0.25) is 0 Å². The normalized spacial score (nSPS) is 12.4. The fourth-order valence-electron chi connectivity index (χ4n) is 3.87. The predicted molar refractivity (Wildman–Crippen MR) is 96.3 cm³/mol. The second-order valence-corrected chi connectivity index (χ2v) is 6.35. The van der Waals surface area contributed by atoms with E-state index in [0.29, 0.717) is 0 Å². The van der Waals surface area contributed by atoms with Crippen molar-refractivity contribution in [3.63, 3.8) is 0 Å². The van der Waals surface area contributed by atoms with Gasteiger partial charge in [0, 0.05) is 23.1 Å². The van der Waals surface area contributed by atoms with Crippen LogP contribution in [0.15, 0.2) is 72.8 Å². The van der Waals surface area contributed by atoms with Crippen LogP contribution in [-0.4, -0.2) is 4.57 Å². The molecule has 1 aliphatic rings. The van der Waals surface area contributed by atoms with Gasteiger partial charge in [-0.25, -0.2) is 0 Å². The van der Waals surface area contributed by atoms with Crippen molar-refractivity contribution in [2.45, 2.75) is 13.3 Å². The lowest BCUT2D eigenvalue weighted by molar-refractivity contribution is 1.13. The molecule has 0 aliphatic heterocycles.